The standard InChI is InChI=1S/C8H10N4O2/c1-2-6-9-8(14-12-6)5-3-4-7(13)11-10-5/h2-4H2,1H3,(H,11,13). The van der Waals surface area contributed by atoms with Crippen LogP contribution in [0.4, 0.5) is 0 Å². The van der Waals surface area contributed by atoms with E-state index < -0.39 is 0 Å². The summed E-state index contributed by atoms with van der Waals surface area (Å²) in [4.78, 5) is 14.9. The summed E-state index contributed by atoms with van der Waals surface area (Å²) in [6, 6.07) is 0. The van der Waals surface area contributed by atoms with Crippen LogP contribution in [0.25, 0.3) is 0 Å². The van der Waals surface area contributed by atoms with E-state index in [-0.39, 0.29) is 5.91 Å². The summed E-state index contributed by atoms with van der Waals surface area (Å²) in [6.45, 7) is 1.94. The van der Waals surface area contributed by atoms with Crippen LogP contribution in [0, 0.1) is 0 Å². The minimum absolute atomic E-state index is 0.0796. The molecule has 1 N–H and O–H groups in total. The van der Waals surface area contributed by atoms with Gasteiger partial charge in [-0.1, -0.05) is 12.1 Å². The van der Waals surface area contributed by atoms with Gasteiger partial charge < -0.3 is 4.52 Å². The van der Waals surface area contributed by atoms with E-state index in [1.165, 1.54) is 0 Å². The first-order valence-electron chi connectivity index (χ1n) is 4.48. The normalized spacial score (nSPS) is 16.4. The summed E-state index contributed by atoms with van der Waals surface area (Å²) in [6.07, 6.45) is 1.70. The lowest BCUT2D eigenvalue weighted by Crippen LogP contribution is -2.26. The Hall–Kier alpha value is -1.72. The van der Waals surface area contributed by atoms with Crippen molar-refractivity contribution in [2.75, 3.05) is 0 Å². The lowest BCUT2D eigenvalue weighted by Gasteiger charge is -2.07. The molecule has 14 heavy (non-hydrogen) atoms. The fourth-order valence-corrected chi connectivity index (χ4v) is 1.14. The highest BCUT2D eigenvalue weighted by molar-refractivity contribution is 6.00. The maximum atomic E-state index is 10.8. The maximum absolute atomic E-state index is 10.8. The van der Waals surface area contributed by atoms with E-state index in [0.717, 1.165) is 6.42 Å². The van der Waals surface area contributed by atoms with Crippen LogP contribution in [0.5, 0.6) is 0 Å². The SMILES string of the molecule is CCc1noc(C2=NNC(=O)CC2)n1. The van der Waals surface area contributed by atoms with Crippen molar-refractivity contribution >= 4 is 11.6 Å². The first kappa shape index (κ1) is 8.86. The van der Waals surface area contributed by atoms with Crippen molar-refractivity contribution in [1.29, 1.82) is 0 Å². The summed E-state index contributed by atoms with van der Waals surface area (Å²) >= 11 is 0. The van der Waals surface area contributed by atoms with Gasteiger partial charge in [0.25, 0.3) is 5.89 Å². The largest absolute Gasteiger partial charge is 0.333 e. The van der Waals surface area contributed by atoms with Crippen LogP contribution >= 0.6 is 0 Å². The van der Waals surface area contributed by atoms with Gasteiger partial charge in [-0.15, -0.1) is 0 Å². The van der Waals surface area contributed by atoms with Crippen LogP contribution in [0.1, 0.15) is 31.5 Å². The highest BCUT2D eigenvalue weighted by atomic mass is 16.5. The summed E-state index contributed by atoms with van der Waals surface area (Å²) in [7, 11) is 0. The van der Waals surface area contributed by atoms with Crippen molar-refractivity contribution < 1.29 is 9.32 Å². The van der Waals surface area contributed by atoms with E-state index in [9.17, 15) is 4.79 Å². The number of carbonyl (C=O) groups is 1. The van der Waals surface area contributed by atoms with Crippen molar-refractivity contribution in [1.82, 2.24) is 15.6 Å². The minimum atomic E-state index is -0.0796. The monoisotopic (exact) mass is 194 g/mol. The minimum Gasteiger partial charge on any atom is -0.333 e. The van der Waals surface area contributed by atoms with Gasteiger partial charge in [0.05, 0.1) is 0 Å². The first-order chi connectivity index (χ1) is 6.79. The van der Waals surface area contributed by atoms with Crippen molar-refractivity contribution in [3.8, 4) is 0 Å². The quantitative estimate of drug-likeness (QED) is 0.731. The molecule has 0 radical (unpaired) electrons. The van der Waals surface area contributed by atoms with Crippen LogP contribution in [0.15, 0.2) is 9.62 Å². The van der Waals surface area contributed by atoms with Gasteiger partial charge in [-0.3, -0.25) is 4.79 Å². The molecule has 0 aliphatic carbocycles. The van der Waals surface area contributed by atoms with Gasteiger partial charge in [-0.25, -0.2) is 5.43 Å². The molecular formula is C8H10N4O2. The molecule has 0 atom stereocenters. The average molecular weight is 194 g/mol. The molecule has 6 nitrogen and oxygen atoms in total. The molecule has 1 aromatic rings. The molecule has 0 unspecified atom stereocenters. The number of carbonyl (C=O) groups excluding carboxylic acids is 1. The summed E-state index contributed by atoms with van der Waals surface area (Å²) in [5, 5.41) is 7.60. The number of aromatic nitrogens is 2. The highest BCUT2D eigenvalue weighted by Crippen LogP contribution is 2.08. The third kappa shape index (κ3) is 1.63. The zero-order valence-electron chi connectivity index (χ0n) is 7.78. The van der Waals surface area contributed by atoms with Gasteiger partial charge in [-0.2, -0.15) is 10.1 Å². The number of amides is 1. The number of hydrazone groups is 1. The zero-order chi connectivity index (χ0) is 9.97. The van der Waals surface area contributed by atoms with Crippen molar-refractivity contribution in [3.05, 3.63) is 11.7 Å². The fourth-order valence-electron chi connectivity index (χ4n) is 1.14. The maximum Gasteiger partial charge on any atom is 0.274 e. The molecule has 0 aromatic carbocycles. The molecule has 1 amide bonds. The Morgan fingerprint density at radius 2 is 2.36 bits per heavy atom. The van der Waals surface area contributed by atoms with Crippen LogP contribution in [-0.4, -0.2) is 21.8 Å². The third-order valence-corrected chi connectivity index (χ3v) is 1.94. The molecule has 0 saturated carbocycles. The van der Waals surface area contributed by atoms with Crippen LogP contribution in [-0.2, 0) is 11.2 Å². The van der Waals surface area contributed by atoms with Crippen molar-refractivity contribution in [3.63, 3.8) is 0 Å². The molecule has 0 fully saturated rings. The summed E-state index contributed by atoms with van der Waals surface area (Å²) in [5.74, 6) is 0.977. The summed E-state index contributed by atoms with van der Waals surface area (Å²) < 4.78 is 4.99. The van der Waals surface area contributed by atoms with Crippen molar-refractivity contribution in [2.45, 2.75) is 26.2 Å². The first-order valence-corrected chi connectivity index (χ1v) is 4.48. The fraction of sp³-hybridized carbons (Fsp3) is 0.500. The molecule has 0 saturated heterocycles. The molecule has 1 aliphatic heterocycles. The zero-order valence-corrected chi connectivity index (χ0v) is 7.78. The number of nitrogens with one attached hydrogen (secondary N) is 1. The molecule has 2 heterocycles. The molecule has 0 bridgehead atoms. The van der Waals surface area contributed by atoms with Crippen LogP contribution in [0.2, 0.25) is 0 Å². The molecule has 2 rings (SSSR count). The number of rotatable bonds is 2. The Morgan fingerprint density at radius 3 is 2.93 bits per heavy atom. The van der Waals surface area contributed by atoms with E-state index in [2.05, 4.69) is 20.7 Å². The molecule has 74 valence electrons. The Balaban J connectivity index is 2.19. The Labute approximate surface area is 80.4 Å². The van der Waals surface area contributed by atoms with E-state index in [1.807, 2.05) is 6.92 Å². The molecule has 1 aliphatic rings. The van der Waals surface area contributed by atoms with Gasteiger partial charge in [0, 0.05) is 19.3 Å². The smallest absolute Gasteiger partial charge is 0.274 e. The van der Waals surface area contributed by atoms with Gasteiger partial charge in [0.2, 0.25) is 5.91 Å². The number of hydrogen-bond acceptors (Lipinski definition) is 5. The van der Waals surface area contributed by atoms with Gasteiger partial charge >= 0.3 is 0 Å². The average Bonchev–Trinajstić information content (AvgIpc) is 2.67. The lowest BCUT2D eigenvalue weighted by atomic mass is 10.2. The number of nitrogens with zero attached hydrogens (tertiary/aromatic N) is 3. The topological polar surface area (TPSA) is 80.4 Å². The molecule has 6 heteroatoms. The second-order valence-corrected chi connectivity index (χ2v) is 2.96. The molecule has 0 spiro atoms. The number of hydrogen-bond donors (Lipinski definition) is 1. The predicted octanol–water partition coefficient (Wildman–Crippen LogP) is 0.246. The van der Waals surface area contributed by atoms with Crippen LogP contribution < -0.4 is 5.43 Å². The number of aryl methyl sites for hydroxylation is 1. The van der Waals surface area contributed by atoms with Gasteiger partial charge in [0.1, 0.15) is 5.71 Å². The highest BCUT2D eigenvalue weighted by Gasteiger charge is 2.18. The molecular weight excluding hydrogens is 184 g/mol. The Kier molecular flexibility index (Phi) is 2.26. The lowest BCUT2D eigenvalue weighted by molar-refractivity contribution is -0.121. The van der Waals surface area contributed by atoms with Gasteiger partial charge in [0.15, 0.2) is 5.82 Å². The van der Waals surface area contributed by atoms with Crippen LogP contribution in [0.3, 0.4) is 0 Å². The Morgan fingerprint density at radius 1 is 1.50 bits per heavy atom. The third-order valence-electron chi connectivity index (χ3n) is 1.94. The second-order valence-electron chi connectivity index (χ2n) is 2.96. The van der Waals surface area contributed by atoms with E-state index in [1.54, 1.807) is 0 Å². The predicted molar refractivity (Wildman–Crippen MR) is 47.6 cm³/mol. The van der Waals surface area contributed by atoms with E-state index in [0.29, 0.717) is 30.3 Å². The second kappa shape index (κ2) is 3.57. The van der Waals surface area contributed by atoms with E-state index >= 15 is 0 Å². The summed E-state index contributed by atoms with van der Waals surface area (Å²) in [5.41, 5.74) is 3.03. The van der Waals surface area contributed by atoms with Crippen molar-refractivity contribution in [2.24, 2.45) is 5.10 Å². The van der Waals surface area contributed by atoms with E-state index in [4.69, 9.17) is 4.52 Å². The Bertz CT molecular complexity index is 382. The molecule has 1 aromatic heterocycles. The van der Waals surface area contributed by atoms with Gasteiger partial charge in [-0.05, 0) is 0 Å².